The van der Waals surface area contributed by atoms with Gasteiger partial charge in [-0.3, -0.25) is 10.1 Å². The van der Waals surface area contributed by atoms with E-state index in [-0.39, 0.29) is 23.3 Å². The highest BCUT2D eigenvalue weighted by atomic mass is 16.5. The van der Waals surface area contributed by atoms with E-state index >= 15 is 0 Å². The van der Waals surface area contributed by atoms with Crippen LogP contribution in [0, 0.1) is 5.92 Å². The lowest BCUT2D eigenvalue weighted by atomic mass is 9.97. The van der Waals surface area contributed by atoms with Crippen LogP contribution in [0.4, 0.5) is 0 Å². The van der Waals surface area contributed by atoms with Gasteiger partial charge in [0.1, 0.15) is 6.04 Å². The van der Waals surface area contributed by atoms with E-state index in [1.54, 1.807) is 0 Å². The van der Waals surface area contributed by atoms with Crippen LogP contribution in [0.5, 0.6) is 0 Å². The van der Waals surface area contributed by atoms with Crippen molar-refractivity contribution in [3.05, 3.63) is 11.8 Å². The van der Waals surface area contributed by atoms with Crippen LogP contribution in [0.1, 0.15) is 46.4 Å². The van der Waals surface area contributed by atoms with Gasteiger partial charge in [-0.25, -0.2) is 0 Å². The van der Waals surface area contributed by atoms with Crippen LogP contribution in [0.25, 0.3) is 0 Å². The molecule has 0 bridgehead atoms. The molecule has 0 aliphatic heterocycles. The molecule has 1 atom stereocenters. The Morgan fingerprint density at radius 1 is 1.37 bits per heavy atom. The Bertz CT molecular complexity index is 421. The van der Waals surface area contributed by atoms with Crippen LogP contribution in [0.2, 0.25) is 0 Å². The molecule has 6 heteroatoms. The molecule has 1 heterocycles. The van der Waals surface area contributed by atoms with Crippen molar-refractivity contribution < 1.29 is 13.9 Å². The molecule has 1 N–H and O–H groups in total. The van der Waals surface area contributed by atoms with Crippen molar-refractivity contribution in [2.75, 3.05) is 7.11 Å². The average Bonchev–Trinajstić information content (AvgIpc) is 2.76. The van der Waals surface area contributed by atoms with Crippen molar-refractivity contribution >= 4 is 5.97 Å². The Morgan fingerprint density at radius 2 is 2.00 bits per heavy atom. The van der Waals surface area contributed by atoms with Crippen LogP contribution in [-0.2, 0) is 21.5 Å². The van der Waals surface area contributed by atoms with Gasteiger partial charge >= 0.3 is 5.97 Å². The molecule has 0 aromatic carbocycles. The second kappa shape index (κ2) is 6.14. The first-order chi connectivity index (χ1) is 8.75. The lowest BCUT2D eigenvalue weighted by Crippen LogP contribution is -2.41. The number of esters is 1. The number of aromatic nitrogens is 2. The maximum atomic E-state index is 11.6. The number of hydrogen-bond donors (Lipinski definition) is 1. The maximum Gasteiger partial charge on any atom is 0.323 e. The summed E-state index contributed by atoms with van der Waals surface area (Å²) in [6.07, 6.45) is 0. The lowest BCUT2D eigenvalue weighted by Gasteiger charge is -2.18. The Balaban J connectivity index is 2.65. The summed E-state index contributed by atoms with van der Waals surface area (Å²) in [5, 5.41) is 11.1. The number of methoxy groups -OCH3 is 1. The summed E-state index contributed by atoms with van der Waals surface area (Å²) in [5.74, 6) is 0.894. The molecule has 1 aromatic rings. The Kier molecular flexibility index (Phi) is 5.05. The first-order valence-electron chi connectivity index (χ1n) is 6.39. The molecule has 6 nitrogen and oxygen atoms in total. The second-order valence-electron chi connectivity index (χ2n) is 5.88. The molecule has 0 saturated heterocycles. The zero-order valence-corrected chi connectivity index (χ0v) is 12.5. The lowest BCUT2D eigenvalue weighted by molar-refractivity contribution is -0.144. The Morgan fingerprint density at radius 3 is 2.42 bits per heavy atom. The van der Waals surface area contributed by atoms with Gasteiger partial charge in [0, 0.05) is 5.41 Å². The highest BCUT2D eigenvalue weighted by Crippen LogP contribution is 2.20. The Hall–Kier alpha value is -1.43. The third-order valence-corrected chi connectivity index (χ3v) is 2.70. The fourth-order valence-corrected chi connectivity index (χ4v) is 1.54. The third-order valence-electron chi connectivity index (χ3n) is 2.70. The van der Waals surface area contributed by atoms with Crippen molar-refractivity contribution in [1.29, 1.82) is 0 Å². The van der Waals surface area contributed by atoms with Gasteiger partial charge in [0.2, 0.25) is 11.8 Å². The third kappa shape index (κ3) is 4.31. The fourth-order valence-electron chi connectivity index (χ4n) is 1.54. The predicted octanol–water partition coefficient (Wildman–Crippen LogP) is 1.65. The number of carbonyl (C=O) groups is 1. The molecule has 0 fully saturated rings. The molecule has 1 aromatic heterocycles. The van der Waals surface area contributed by atoms with E-state index in [9.17, 15) is 4.79 Å². The summed E-state index contributed by atoms with van der Waals surface area (Å²) < 4.78 is 10.3. The minimum absolute atomic E-state index is 0.123. The van der Waals surface area contributed by atoms with Gasteiger partial charge in [0.15, 0.2) is 0 Å². The second-order valence-corrected chi connectivity index (χ2v) is 5.88. The molecule has 0 saturated carbocycles. The minimum atomic E-state index is -0.380. The highest BCUT2D eigenvalue weighted by Gasteiger charge is 2.24. The minimum Gasteiger partial charge on any atom is -0.468 e. The molecule has 0 spiro atoms. The van der Waals surface area contributed by atoms with E-state index in [1.165, 1.54) is 7.11 Å². The van der Waals surface area contributed by atoms with Gasteiger partial charge in [0.05, 0.1) is 13.7 Å². The number of nitrogens with zero attached hydrogens (tertiary/aromatic N) is 2. The molecule has 1 unspecified atom stereocenters. The largest absolute Gasteiger partial charge is 0.468 e. The van der Waals surface area contributed by atoms with E-state index in [0.29, 0.717) is 18.3 Å². The van der Waals surface area contributed by atoms with Crippen molar-refractivity contribution in [3.8, 4) is 0 Å². The number of nitrogens with one attached hydrogen (secondary N) is 1. The van der Waals surface area contributed by atoms with Gasteiger partial charge in [-0.2, -0.15) is 0 Å². The van der Waals surface area contributed by atoms with E-state index in [1.807, 2.05) is 34.6 Å². The summed E-state index contributed by atoms with van der Waals surface area (Å²) in [6.45, 7) is 10.3. The molecule has 19 heavy (non-hydrogen) atoms. The molecule has 0 aliphatic rings. The number of ether oxygens (including phenoxy) is 1. The monoisotopic (exact) mass is 269 g/mol. The van der Waals surface area contributed by atoms with Crippen LogP contribution in [0.3, 0.4) is 0 Å². The van der Waals surface area contributed by atoms with E-state index in [2.05, 4.69) is 15.5 Å². The smallest absolute Gasteiger partial charge is 0.323 e. The molecule has 1 rings (SSSR count). The average molecular weight is 269 g/mol. The normalized spacial score (nSPS) is 13.6. The molecule has 108 valence electrons. The summed E-state index contributed by atoms with van der Waals surface area (Å²) in [5.41, 5.74) is -0.176. The van der Waals surface area contributed by atoms with Crippen LogP contribution < -0.4 is 5.32 Å². The van der Waals surface area contributed by atoms with Gasteiger partial charge in [-0.15, -0.1) is 10.2 Å². The van der Waals surface area contributed by atoms with Gasteiger partial charge in [0.25, 0.3) is 0 Å². The van der Waals surface area contributed by atoms with Crippen LogP contribution >= 0.6 is 0 Å². The first-order valence-corrected chi connectivity index (χ1v) is 6.39. The van der Waals surface area contributed by atoms with Gasteiger partial charge in [-0.05, 0) is 5.92 Å². The topological polar surface area (TPSA) is 77.2 Å². The zero-order chi connectivity index (χ0) is 14.6. The van der Waals surface area contributed by atoms with E-state index < -0.39 is 0 Å². The summed E-state index contributed by atoms with van der Waals surface area (Å²) in [7, 11) is 1.38. The van der Waals surface area contributed by atoms with Crippen molar-refractivity contribution in [2.24, 2.45) is 5.92 Å². The quantitative estimate of drug-likeness (QED) is 0.819. The molecule has 0 radical (unpaired) electrons. The standard InChI is InChI=1S/C13H23N3O3/c1-8(2)10(11(17)18-6)14-7-9-15-16-12(19-9)13(3,4)5/h8,10,14H,7H2,1-6H3. The molecule has 0 aliphatic carbocycles. The molecular weight excluding hydrogens is 246 g/mol. The number of carbonyl (C=O) groups excluding carboxylic acids is 1. The van der Waals surface area contributed by atoms with E-state index in [4.69, 9.17) is 9.15 Å². The van der Waals surface area contributed by atoms with Crippen molar-refractivity contribution in [1.82, 2.24) is 15.5 Å². The maximum absolute atomic E-state index is 11.6. The van der Waals surface area contributed by atoms with Crippen molar-refractivity contribution in [3.63, 3.8) is 0 Å². The molecule has 0 amide bonds. The van der Waals surface area contributed by atoms with E-state index in [0.717, 1.165) is 0 Å². The number of hydrogen-bond acceptors (Lipinski definition) is 6. The highest BCUT2D eigenvalue weighted by molar-refractivity contribution is 5.75. The van der Waals surface area contributed by atoms with Gasteiger partial charge in [-0.1, -0.05) is 34.6 Å². The Labute approximate surface area is 113 Å². The summed E-state index contributed by atoms with van der Waals surface area (Å²) >= 11 is 0. The van der Waals surface area contributed by atoms with Crippen molar-refractivity contribution in [2.45, 2.75) is 52.6 Å². The summed E-state index contributed by atoms with van der Waals surface area (Å²) in [6, 6.07) is -0.380. The van der Waals surface area contributed by atoms with Gasteiger partial charge < -0.3 is 9.15 Å². The fraction of sp³-hybridized carbons (Fsp3) is 0.769. The zero-order valence-electron chi connectivity index (χ0n) is 12.5. The predicted molar refractivity (Wildman–Crippen MR) is 70.5 cm³/mol. The number of rotatable bonds is 5. The summed E-state index contributed by atoms with van der Waals surface area (Å²) in [4.78, 5) is 11.6. The molecular formula is C13H23N3O3. The first kappa shape index (κ1) is 15.6. The van der Waals surface area contributed by atoms with Crippen LogP contribution in [0.15, 0.2) is 4.42 Å². The SMILES string of the molecule is COC(=O)C(NCc1nnc(C(C)(C)C)o1)C(C)C. The van der Waals surface area contributed by atoms with Crippen LogP contribution in [-0.4, -0.2) is 29.3 Å².